The maximum Gasteiger partial charge on any atom is 0.280 e. The number of carbonyl (C=O) groups is 1. The minimum Gasteiger partial charge on any atom is -0.372 e. The fourth-order valence-corrected chi connectivity index (χ4v) is 4.78. The summed E-state index contributed by atoms with van der Waals surface area (Å²) in [6.45, 7) is 4.33. The number of anilines is 2. The molecule has 182 valence electrons. The van der Waals surface area contributed by atoms with Gasteiger partial charge in [0.2, 0.25) is 0 Å². The minimum atomic E-state index is -0.439. The van der Waals surface area contributed by atoms with Crippen LogP contribution in [0.2, 0.25) is 0 Å². The van der Waals surface area contributed by atoms with Crippen LogP contribution < -0.4 is 15.8 Å². The van der Waals surface area contributed by atoms with E-state index in [-0.39, 0.29) is 5.56 Å². The first-order valence-electron chi connectivity index (χ1n) is 12.6. The molecule has 3 aromatic carbocycles. The molecule has 6 nitrogen and oxygen atoms in total. The smallest absolute Gasteiger partial charge is 0.280 e. The number of aromatic nitrogens is 2. The van der Waals surface area contributed by atoms with E-state index in [1.54, 1.807) is 0 Å². The molecule has 0 radical (unpaired) electrons. The molecule has 1 saturated heterocycles. The van der Waals surface area contributed by atoms with Crippen LogP contribution in [0.3, 0.4) is 0 Å². The lowest BCUT2D eigenvalue weighted by Gasteiger charge is -2.28. The number of carbonyl (C=O) groups excluding carboxylic acids is 1. The van der Waals surface area contributed by atoms with Gasteiger partial charge >= 0.3 is 0 Å². The molecule has 6 heteroatoms. The van der Waals surface area contributed by atoms with Crippen molar-refractivity contribution in [2.75, 3.05) is 23.3 Å². The third-order valence-electron chi connectivity index (χ3n) is 6.64. The Hall–Kier alpha value is -4.19. The molecule has 0 spiro atoms. The van der Waals surface area contributed by atoms with Gasteiger partial charge in [0, 0.05) is 42.1 Å². The van der Waals surface area contributed by atoms with E-state index in [2.05, 4.69) is 15.3 Å². The summed E-state index contributed by atoms with van der Waals surface area (Å²) in [5, 5.41) is 7.64. The predicted molar refractivity (Wildman–Crippen MR) is 146 cm³/mol. The van der Waals surface area contributed by atoms with Gasteiger partial charge in [0.25, 0.3) is 11.5 Å². The molecule has 0 unspecified atom stereocenters. The first kappa shape index (κ1) is 23.5. The van der Waals surface area contributed by atoms with Crippen molar-refractivity contribution in [1.82, 2.24) is 9.78 Å². The number of rotatable bonds is 6. The van der Waals surface area contributed by atoms with Crippen molar-refractivity contribution in [3.8, 4) is 22.4 Å². The average molecular weight is 479 g/mol. The lowest BCUT2D eigenvalue weighted by atomic mass is 9.95. The summed E-state index contributed by atoms with van der Waals surface area (Å²) in [5.74, 6) is -0.439. The van der Waals surface area contributed by atoms with E-state index < -0.39 is 11.5 Å². The lowest BCUT2D eigenvalue weighted by molar-refractivity contribution is 0.102. The lowest BCUT2D eigenvalue weighted by Crippen LogP contribution is -2.32. The number of nitrogens with zero attached hydrogens (tertiary/aromatic N) is 3. The largest absolute Gasteiger partial charge is 0.372 e. The molecule has 0 saturated carbocycles. The second kappa shape index (κ2) is 10.6. The van der Waals surface area contributed by atoms with Crippen LogP contribution in [0.15, 0.2) is 89.7 Å². The SMILES string of the molecule is CCn1nc(-c2ccccc2)c(-c2ccccc2)c(C(=O)Nc2ccc(N3CCCCC3)cc2)c1=O. The van der Waals surface area contributed by atoms with Gasteiger partial charge in [-0.3, -0.25) is 9.59 Å². The summed E-state index contributed by atoms with van der Waals surface area (Å²) in [6.07, 6.45) is 3.69. The fourth-order valence-electron chi connectivity index (χ4n) is 4.78. The molecule has 1 aliphatic heterocycles. The van der Waals surface area contributed by atoms with Gasteiger partial charge in [0.1, 0.15) is 5.56 Å². The Kier molecular flexibility index (Phi) is 6.94. The Morgan fingerprint density at radius 3 is 2.06 bits per heavy atom. The van der Waals surface area contributed by atoms with Crippen molar-refractivity contribution in [1.29, 1.82) is 0 Å². The van der Waals surface area contributed by atoms with Crippen molar-refractivity contribution in [3.63, 3.8) is 0 Å². The van der Waals surface area contributed by atoms with E-state index in [0.717, 1.165) is 29.9 Å². The molecule has 0 bridgehead atoms. The maximum atomic E-state index is 13.7. The normalized spacial score (nSPS) is 13.4. The van der Waals surface area contributed by atoms with Crippen LogP contribution in [0, 0.1) is 0 Å². The van der Waals surface area contributed by atoms with Crippen LogP contribution in [-0.4, -0.2) is 28.8 Å². The maximum absolute atomic E-state index is 13.7. The van der Waals surface area contributed by atoms with Gasteiger partial charge in [-0.2, -0.15) is 5.10 Å². The highest BCUT2D eigenvalue weighted by Crippen LogP contribution is 2.32. The monoisotopic (exact) mass is 478 g/mol. The summed E-state index contributed by atoms with van der Waals surface area (Å²) < 4.78 is 1.36. The summed E-state index contributed by atoms with van der Waals surface area (Å²) in [5.41, 5.74) is 4.26. The second-order valence-electron chi connectivity index (χ2n) is 9.00. The van der Waals surface area contributed by atoms with E-state index >= 15 is 0 Å². The zero-order chi connectivity index (χ0) is 24.9. The van der Waals surface area contributed by atoms with Crippen LogP contribution in [0.5, 0.6) is 0 Å². The van der Waals surface area contributed by atoms with Gasteiger partial charge in [-0.1, -0.05) is 60.7 Å². The Morgan fingerprint density at radius 2 is 1.44 bits per heavy atom. The highest BCUT2D eigenvalue weighted by molar-refractivity contribution is 6.10. The first-order chi connectivity index (χ1) is 17.7. The van der Waals surface area contributed by atoms with Gasteiger partial charge in [0.05, 0.1) is 5.69 Å². The Morgan fingerprint density at radius 1 is 0.833 bits per heavy atom. The quantitative estimate of drug-likeness (QED) is 0.378. The average Bonchev–Trinajstić information content (AvgIpc) is 2.94. The third kappa shape index (κ3) is 4.80. The van der Waals surface area contributed by atoms with Gasteiger partial charge in [-0.25, -0.2) is 4.68 Å². The molecule has 1 amide bonds. The van der Waals surface area contributed by atoms with Gasteiger partial charge in [-0.05, 0) is 56.0 Å². The van der Waals surface area contributed by atoms with E-state index in [1.165, 1.54) is 23.9 Å². The van der Waals surface area contributed by atoms with Crippen molar-refractivity contribution in [2.24, 2.45) is 0 Å². The number of benzene rings is 3. The minimum absolute atomic E-state index is 0.0945. The first-order valence-corrected chi connectivity index (χ1v) is 12.6. The number of piperidine rings is 1. The van der Waals surface area contributed by atoms with Crippen molar-refractivity contribution in [3.05, 3.63) is 101 Å². The van der Waals surface area contributed by atoms with E-state index in [1.807, 2.05) is 91.9 Å². The van der Waals surface area contributed by atoms with Crippen LogP contribution in [-0.2, 0) is 6.54 Å². The van der Waals surface area contributed by atoms with Gasteiger partial charge in [0.15, 0.2) is 0 Å². The highest BCUT2D eigenvalue weighted by atomic mass is 16.2. The molecular weight excluding hydrogens is 448 g/mol. The van der Waals surface area contributed by atoms with E-state index in [0.29, 0.717) is 23.5 Å². The van der Waals surface area contributed by atoms with Crippen molar-refractivity contribution >= 4 is 17.3 Å². The number of nitrogens with one attached hydrogen (secondary N) is 1. The zero-order valence-electron chi connectivity index (χ0n) is 20.5. The summed E-state index contributed by atoms with van der Waals surface area (Å²) >= 11 is 0. The van der Waals surface area contributed by atoms with Crippen LogP contribution in [0.1, 0.15) is 36.5 Å². The molecule has 1 aromatic heterocycles. The van der Waals surface area contributed by atoms with E-state index in [4.69, 9.17) is 0 Å². The molecule has 36 heavy (non-hydrogen) atoms. The molecule has 1 fully saturated rings. The van der Waals surface area contributed by atoms with Crippen molar-refractivity contribution in [2.45, 2.75) is 32.7 Å². The topological polar surface area (TPSA) is 67.2 Å². The zero-order valence-corrected chi connectivity index (χ0v) is 20.5. The molecule has 1 N–H and O–H groups in total. The molecule has 1 aliphatic rings. The number of amides is 1. The standard InChI is InChI=1S/C30H30N4O2/c1-2-34-30(36)27(29(35)31-24-16-18-25(19-17-24)33-20-10-5-11-21-33)26(22-12-6-3-7-13-22)28(32-34)23-14-8-4-9-15-23/h3-4,6-9,12-19H,2,5,10-11,20-21H2,1H3,(H,31,35). The molecule has 4 aromatic rings. The number of hydrogen-bond acceptors (Lipinski definition) is 4. The highest BCUT2D eigenvalue weighted by Gasteiger charge is 2.25. The van der Waals surface area contributed by atoms with Crippen LogP contribution >= 0.6 is 0 Å². The summed E-state index contributed by atoms with van der Waals surface area (Å²) in [4.78, 5) is 29.6. The van der Waals surface area contributed by atoms with Gasteiger partial charge < -0.3 is 10.2 Å². The van der Waals surface area contributed by atoms with Gasteiger partial charge in [-0.15, -0.1) is 0 Å². The Bertz CT molecular complexity index is 1390. The molecule has 0 aliphatic carbocycles. The Labute approximate surface area is 211 Å². The second-order valence-corrected chi connectivity index (χ2v) is 9.00. The van der Waals surface area contributed by atoms with Crippen molar-refractivity contribution < 1.29 is 4.79 Å². The van der Waals surface area contributed by atoms with Crippen LogP contribution in [0.25, 0.3) is 22.4 Å². The molecular formula is C30H30N4O2. The van der Waals surface area contributed by atoms with E-state index in [9.17, 15) is 9.59 Å². The third-order valence-corrected chi connectivity index (χ3v) is 6.64. The predicted octanol–water partition coefficient (Wildman–Crippen LogP) is 5.84. The summed E-state index contributed by atoms with van der Waals surface area (Å²) in [6, 6.07) is 27.1. The number of hydrogen-bond donors (Lipinski definition) is 1. The fraction of sp³-hybridized carbons (Fsp3) is 0.233. The molecule has 0 atom stereocenters. The Balaban J connectivity index is 1.57. The molecule has 2 heterocycles. The summed E-state index contributed by atoms with van der Waals surface area (Å²) in [7, 11) is 0. The van der Waals surface area contributed by atoms with Crippen LogP contribution in [0.4, 0.5) is 11.4 Å². The number of aryl methyl sites for hydroxylation is 1. The molecule has 5 rings (SSSR count).